The number of ether oxygens (including phenoxy) is 2. The predicted octanol–water partition coefficient (Wildman–Crippen LogP) is -2.70. The highest BCUT2D eigenvalue weighted by Crippen LogP contribution is 2.33. The summed E-state index contributed by atoms with van der Waals surface area (Å²) in [4.78, 5) is 0. The first-order valence-electron chi connectivity index (χ1n) is 6.71. The average Bonchev–Trinajstić information content (AvgIpc) is 2.49. The minimum Gasteiger partial charge on any atom is -1.00 e. The summed E-state index contributed by atoms with van der Waals surface area (Å²) in [6.07, 6.45) is 0.902. The molecule has 0 amide bonds. The number of rotatable bonds is 5. The van der Waals surface area contributed by atoms with Gasteiger partial charge in [0.15, 0.2) is 17.2 Å². The number of benzene rings is 1. The number of halogens is 1. The van der Waals surface area contributed by atoms with Crippen LogP contribution in [0.1, 0.15) is 11.1 Å². The number of hydrogen-bond donors (Lipinski definition) is 2. The highest BCUT2D eigenvalue weighted by atomic mass is 127. The summed E-state index contributed by atoms with van der Waals surface area (Å²) >= 11 is 0. The first kappa shape index (κ1) is 18.2. The molecule has 1 aromatic carbocycles. The quantitative estimate of drug-likeness (QED) is 0.412. The number of hydrogen-bond acceptors (Lipinski definition) is 4. The van der Waals surface area contributed by atoms with Crippen molar-refractivity contribution in [3.05, 3.63) is 23.3 Å². The Bertz CT molecular complexity index is 527. The summed E-state index contributed by atoms with van der Waals surface area (Å²) in [5.41, 5.74) is 3.13. The van der Waals surface area contributed by atoms with E-state index in [1.54, 1.807) is 14.2 Å². The number of likely N-dealkylation sites (N-methyl/N-ethyl adjacent to an activating group) is 1. The van der Waals surface area contributed by atoms with Gasteiger partial charge in [0.05, 0.1) is 33.4 Å². The van der Waals surface area contributed by atoms with Crippen molar-refractivity contribution in [3.8, 4) is 11.5 Å². The predicted molar refractivity (Wildman–Crippen MR) is 76.1 cm³/mol. The Morgan fingerprint density at radius 1 is 1.14 bits per heavy atom. The van der Waals surface area contributed by atoms with Gasteiger partial charge in [0, 0.05) is 12.0 Å². The number of fused-ring (bicyclic) bond motifs is 1. The van der Waals surface area contributed by atoms with E-state index < -0.39 is 0 Å². The highest BCUT2D eigenvalue weighted by Gasteiger charge is 2.31. The van der Waals surface area contributed by atoms with Gasteiger partial charge in [0.1, 0.15) is 13.6 Å². The van der Waals surface area contributed by atoms with Gasteiger partial charge in [-0.25, -0.2) is 4.58 Å². The Balaban J connectivity index is 0.00000220. The maximum absolute atomic E-state index is 9.49. The molecule has 118 valence electrons. The lowest BCUT2D eigenvalue weighted by atomic mass is 9.89. The zero-order chi connectivity index (χ0) is 14.7. The molecule has 1 aliphatic rings. The van der Waals surface area contributed by atoms with E-state index in [0.29, 0.717) is 11.5 Å². The van der Waals surface area contributed by atoms with Crippen LogP contribution in [0.5, 0.6) is 11.5 Å². The normalized spacial score (nSPS) is 13.8. The van der Waals surface area contributed by atoms with Crippen LogP contribution in [0.2, 0.25) is 0 Å². The minimum atomic E-state index is -0.280. The van der Waals surface area contributed by atoms with Gasteiger partial charge in [-0.15, -0.1) is 0 Å². The van der Waals surface area contributed by atoms with Crippen molar-refractivity contribution in [3.63, 3.8) is 0 Å². The van der Waals surface area contributed by atoms with Gasteiger partial charge in [-0.05, 0) is 17.7 Å². The van der Waals surface area contributed by atoms with Gasteiger partial charge in [0.2, 0.25) is 0 Å². The summed E-state index contributed by atoms with van der Waals surface area (Å²) in [6.45, 7) is 0.697. The Hall–Kier alpha value is -0.860. The van der Waals surface area contributed by atoms with E-state index in [4.69, 9.17) is 9.47 Å². The molecule has 0 aliphatic carbocycles. The van der Waals surface area contributed by atoms with Crippen molar-refractivity contribution in [1.29, 1.82) is 0 Å². The lowest BCUT2D eigenvalue weighted by molar-refractivity contribution is -0.500. The number of aliphatic hydroxyl groups excluding tert-OH is 2. The zero-order valence-electron chi connectivity index (χ0n) is 12.6. The van der Waals surface area contributed by atoms with Crippen LogP contribution in [-0.2, 0) is 6.42 Å². The Kier molecular flexibility index (Phi) is 6.89. The van der Waals surface area contributed by atoms with Gasteiger partial charge < -0.3 is 43.7 Å². The van der Waals surface area contributed by atoms with Crippen LogP contribution in [0, 0.1) is 5.92 Å². The van der Waals surface area contributed by atoms with Crippen LogP contribution in [0.3, 0.4) is 0 Å². The molecule has 0 spiro atoms. The third-order valence-corrected chi connectivity index (χ3v) is 3.84. The minimum absolute atomic E-state index is 0. The standard InChI is InChI=1S/C15H22NO4.HI/c1-16-5-4-10-6-13(19-2)14(20-3)7-12(10)15(16)11(8-17)9-18;/h6-7,11,17-18H,4-5,8-9H2,1-3H3;1H/q+1;/p-1. The van der Waals surface area contributed by atoms with Crippen LogP contribution >= 0.6 is 0 Å². The third-order valence-electron chi connectivity index (χ3n) is 3.84. The van der Waals surface area contributed by atoms with E-state index in [0.717, 1.165) is 29.8 Å². The van der Waals surface area contributed by atoms with Gasteiger partial charge in [-0.3, -0.25) is 0 Å². The van der Waals surface area contributed by atoms with Crippen molar-refractivity contribution in [1.82, 2.24) is 0 Å². The van der Waals surface area contributed by atoms with E-state index in [1.165, 1.54) is 0 Å². The molecule has 1 aromatic rings. The SMILES string of the molecule is COc1cc2c(cc1OC)C(C(CO)CO)=[N+](C)CC2.[I-]. The fraction of sp³-hybridized carbons (Fsp3) is 0.533. The molecule has 0 saturated heterocycles. The Morgan fingerprint density at radius 2 is 1.71 bits per heavy atom. The summed E-state index contributed by atoms with van der Waals surface area (Å²) in [6, 6.07) is 3.91. The van der Waals surface area contributed by atoms with E-state index in [2.05, 4.69) is 4.58 Å². The molecule has 0 unspecified atom stereocenters. The maximum atomic E-state index is 9.49. The molecule has 0 atom stereocenters. The average molecular weight is 407 g/mol. The lowest BCUT2D eigenvalue weighted by Crippen LogP contribution is -3.00. The molecule has 0 fully saturated rings. The Morgan fingerprint density at radius 3 is 2.24 bits per heavy atom. The van der Waals surface area contributed by atoms with E-state index in [9.17, 15) is 10.2 Å². The molecule has 1 heterocycles. The molecule has 0 radical (unpaired) electrons. The molecule has 0 saturated carbocycles. The monoisotopic (exact) mass is 407 g/mol. The van der Waals surface area contributed by atoms with Gasteiger partial charge in [-0.2, -0.15) is 0 Å². The van der Waals surface area contributed by atoms with E-state index in [1.807, 2.05) is 19.2 Å². The fourth-order valence-electron chi connectivity index (χ4n) is 2.74. The van der Waals surface area contributed by atoms with Crippen LogP contribution in [0.4, 0.5) is 0 Å². The zero-order valence-corrected chi connectivity index (χ0v) is 14.8. The van der Waals surface area contributed by atoms with Crippen molar-refractivity contribution in [2.75, 3.05) is 41.0 Å². The summed E-state index contributed by atoms with van der Waals surface area (Å²) in [5, 5.41) is 19.0. The van der Waals surface area contributed by atoms with Gasteiger partial charge >= 0.3 is 0 Å². The molecule has 0 aromatic heterocycles. The van der Waals surface area contributed by atoms with Crippen LogP contribution in [-0.4, -0.2) is 61.5 Å². The summed E-state index contributed by atoms with van der Waals surface area (Å²) < 4.78 is 12.8. The molecular weight excluding hydrogens is 385 g/mol. The molecule has 2 N–H and O–H groups in total. The largest absolute Gasteiger partial charge is 1.00 e. The maximum Gasteiger partial charge on any atom is 0.191 e. The number of nitrogens with zero attached hydrogens (tertiary/aromatic N) is 1. The van der Waals surface area contributed by atoms with Crippen LogP contribution in [0.15, 0.2) is 12.1 Å². The molecule has 5 nitrogen and oxygen atoms in total. The van der Waals surface area contributed by atoms with Crippen molar-refractivity contribution >= 4 is 5.71 Å². The van der Waals surface area contributed by atoms with Gasteiger partial charge in [-0.1, -0.05) is 0 Å². The second kappa shape index (κ2) is 7.95. The molecule has 21 heavy (non-hydrogen) atoms. The van der Waals surface area contributed by atoms with Crippen molar-refractivity contribution < 1.29 is 48.2 Å². The van der Waals surface area contributed by atoms with Crippen LogP contribution < -0.4 is 33.5 Å². The van der Waals surface area contributed by atoms with Gasteiger partial charge in [0.25, 0.3) is 0 Å². The van der Waals surface area contributed by atoms with Crippen molar-refractivity contribution in [2.45, 2.75) is 6.42 Å². The second-order valence-electron chi connectivity index (χ2n) is 4.98. The summed E-state index contributed by atoms with van der Waals surface area (Å²) in [5.74, 6) is 1.09. The fourth-order valence-corrected chi connectivity index (χ4v) is 2.74. The molecular formula is C15H22INO4. The van der Waals surface area contributed by atoms with Crippen LogP contribution in [0.25, 0.3) is 0 Å². The second-order valence-corrected chi connectivity index (χ2v) is 4.98. The molecule has 6 heteroatoms. The molecule has 2 rings (SSSR count). The lowest BCUT2D eigenvalue weighted by Gasteiger charge is -2.22. The Labute approximate surface area is 142 Å². The smallest absolute Gasteiger partial charge is 0.191 e. The highest BCUT2D eigenvalue weighted by molar-refractivity contribution is 6.01. The first-order chi connectivity index (χ1) is 9.65. The number of aliphatic hydroxyl groups is 2. The summed E-state index contributed by atoms with van der Waals surface area (Å²) in [7, 11) is 5.20. The van der Waals surface area contributed by atoms with E-state index in [-0.39, 0.29) is 43.1 Å². The third kappa shape index (κ3) is 3.49. The topological polar surface area (TPSA) is 61.9 Å². The molecule has 1 aliphatic heterocycles. The first-order valence-corrected chi connectivity index (χ1v) is 6.71. The van der Waals surface area contributed by atoms with E-state index >= 15 is 0 Å². The molecule has 0 bridgehead atoms. The van der Waals surface area contributed by atoms with Crippen molar-refractivity contribution in [2.24, 2.45) is 5.92 Å². The number of methoxy groups -OCH3 is 2.